The van der Waals surface area contributed by atoms with Crippen LogP contribution in [0.25, 0.3) is 0 Å². The van der Waals surface area contributed by atoms with Crippen LogP contribution < -0.4 is 0 Å². The lowest BCUT2D eigenvalue weighted by Gasteiger charge is -2.29. The normalized spacial score (nSPS) is 24.2. The van der Waals surface area contributed by atoms with E-state index in [1.54, 1.807) is 20.8 Å². The highest BCUT2D eigenvalue weighted by Gasteiger charge is 2.46. The van der Waals surface area contributed by atoms with Crippen molar-refractivity contribution in [3.05, 3.63) is 23.3 Å². The van der Waals surface area contributed by atoms with Crippen molar-refractivity contribution in [1.29, 1.82) is 0 Å². The van der Waals surface area contributed by atoms with Crippen molar-refractivity contribution in [3.8, 4) is 0 Å². The molecule has 2 atom stereocenters. The van der Waals surface area contributed by atoms with Crippen LogP contribution >= 0.6 is 0 Å². The van der Waals surface area contributed by atoms with Crippen molar-refractivity contribution in [2.45, 2.75) is 97.4 Å². The minimum Gasteiger partial charge on any atom is -0.463 e. The first kappa shape index (κ1) is 23.6. The first-order valence-corrected chi connectivity index (χ1v) is 9.91. The number of aliphatic hydroxyl groups is 1. The predicted molar refractivity (Wildman–Crippen MR) is 106 cm³/mol. The molecule has 5 heteroatoms. The molecule has 0 unspecified atom stereocenters. The summed E-state index contributed by atoms with van der Waals surface area (Å²) in [7, 11) is 0. The molecule has 0 aromatic heterocycles. The van der Waals surface area contributed by atoms with Crippen LogP contribution in [-0.2, 0) is 19.1 Å². The minimum atomic E-state index is -0.928. The Morgan fingerprint density at radius 2 is 1.89 bits per heavy atom. The Balaban J connectivity index is 2.43. The number of hydrogen-bond donors (Lipinski definition) is 1. The first-order valence-electron chi connectivity index (χ1n) is 9.91. The van der Waals surface area contributed by atoms with Crippen LogP contribution in [0.4, 0.5) is 0 Å². The summed E-state index contributed by atoms with van der Waals surface area (Å²) in [4.78, 5) is 24.0. The number of hydrogen-bond acceptors (Lipinski definition) is 5. The summed E-state index contributed by atoms with van der Waals surface area (Å²) in [5.41, 5.74) is 0.429. The molecule has 1 saturated heterocycles. The van der Waals surface area contributed by atoms with Crippen molar-refractivity contribution in [1.82, 2.24) is 0 Å². The van der Waals surface area contributed by atoms with Crippen molar-refractivity contribution in [2.75, 3.05) is 6.61 Å². The average Bonchev–Trinajstić information content (AvgIpc) is 2.96. The fraction of sp³-hybridized carbons (Fsp3) is 0.727. The second-order valence-corrected chi connectivity index (χ2v) is 8.28. The maximum atomic E-state index is 12.6. The van der Waals surface area contributed by atoms with Crippen molar-refractivity contribution in [3.63, 3.8) is 0 Å². The molecular formula is C22H36O5. The van der Waals surface area contributed by atoms with Gasteiger partial charge in [0, 0.05) is 12.5 Å². The fourth-order valence-electron chi connectivity index (χ4n) is 3.22. The van der Waals surface area contributed by atoms with Gasteiger partial charge in [-0.05, 0) is 73.6 Å². The largest absolute Gasteiger partial charge is 0.463 e. The number of carbonyl (C=O) groups is 2. The van der Waals surface area contributed by atoms with Gasteiger partial charge in [0.1, 0.15) is 5.60 Å². The molecule has 0 aromatic carbocycles. The zero-order valence-corrected chi connectivity index (χ0v) is 17.8. The van der Waals surface area contributed by atoms with Gasteiger partial charge in [-0.15, -0.1) is 0 Å². The lowest BCUT2D eigenvalue weighted by molar-refractivity contribution is -0.152. The minimum absolute atomic E-state index is 0.0976. The summed E-state index contributed by atoms with van der Waals surface area (Å²) in [5, 5.41) is 10.1. The maximum Gasteiger partial charge on any atom is 0.330 e. The molecule has 1 rings (SSSR count). The molecule has 5 nitrogen and oxygen atoms in total. The Morgan fingerprint density at radius 1 is 1.22 bits per heavy atom. The molecule has 0 saturated carbocycles. The third kappa shape index (κ3) is 7.97. The van der Waals surface area contributed by atoms with E-state index in [9.17, 15) is 14.7 Å². The van der Waals surface area contributed by atoms with Crippen LogP contribution in [-0.4, -0.2) is 40.8 Å². The Bertz CT molecular complexity index is 582. The zero-order chi connectivity index (χ0) is 20.7. The zero-order valence-electron chi connectivity index (χ0n) is 17.8. The lowest BCUT2D eigenvalue weighted by Crippen LogP contribution is -2.41. The van der Waals surface area contributed by atoms with E-state index in [1.807, 2.05) is 20.8 Å². The number of allylic oxidation sites excluding steroid dienone is 3. The van der Waals surface area contributed by atoms with Gasteiger partial charge < -0.3 is 14.6 Å². The van der Waals surface area contributed by atoms with E-state index < -0.39 is 11.2 Å². The van der Waals surface area contributed by atoms with E-state index in [0.29, 0.717) is 32.3 Å². The SMILES string of the molecule is CCOC(=O)/C=C(\C)CC/C=C(\C)CCC(=O)[C@@]1(C)CC[C@H](C(C)(C)O)O1. The topological polar surface area (TPSA) is 72.8 Å². The third-order valence-corrected chi connectivity index (χ3v) is 5.09. The van der Waals surface area contributed by atoms with E-state index >= 15 is 0 Å². The monoisotopic (exact) mass is 380 g/mol. The van der Waals surface area contributed by atoms with Gasteiger partial charge in [0.15, 0.2) is 5.78 Å². The molecule has 0 radical (unpaired) electrons. The van der Waals surface area contributed by atoms with Crippen LogP contribution in [0, 0.1) is 0 Å². The molecule has 1 heterocycles. The van der Waals surface area contributed by atoms with Gasteiger partial charge >= 0.3 is 5.97 Å². The van der Waals surface area contributed by atoms with Gasteiger partial charge in [-0.25, -0.2) is 4.79 Å². The molecule has 154 valence electrons. The number of ether oxygens (including phenoxy) is 2. The molecule has 0 aliphatic carbocycles. The summed E-state index contributed by atoms with van der Waals surface area (Å²) in [6.45, 7) is 11.4. The molecule has 0 aromatic rings. The van der Waals surface area contributed by atoms with Gasteiger partial charge in [-0.1, -0.05) is 17.2 Å². The second-order valence-electron chi connectivity index (χ2n) is 8.28. The molecule has 1 N–H and O–H groups in total. The first-order chi connectivity index (χ1) is 12.5. The molecule has 1 aliphatic heterocycles. The number of rotatable bonds is 10. The van der Waals surface area contributed by atoms with E-state index in [0.717, 1.165) is 24.0 Å². The van der Waals surface area contributed by atoms with Crippen LogP contribution in [0.2, 0.25) is 0 Å². The fourth-order valence-corrected chi connectivity index (χ4v) is 3.22. The molecule has 1 aliphatic rings. The van der Waals surface area contributed by atoms with E-state index in [-0.39, 0.29) is 17.9 Å². The quantitative estimate of drug-likeness (QED) is 0.348. The van der Waals surface area contributed by atoms with Crippen LogP contribution in [0.15, 0.2) is 23.3 Å². The second kappa shape index (κ2) is 10.2. The summed E-state index contributed by atoms with van der Waals surface area (Å²) in [6.07, 6.45) is 7.47. The Kier molecular flexibility index (Phi) is 8.89. The number of carbonyl (C=O) groups excluding carboxylic acids is 2. The number of ketones is 1. The molecule has 0 spiro atoms. The summed E-state index contributed by atoms with van der Waals surface area (Å²) in [5.74, 6) is -0.198. The highest BCUT2D eigenvalue weighted by Crippen LogP contribution is 2.36. The molecule has 27 heavy (non-hydrogen) atoms. The maximum absolute atomic E-state index is 12.6. The van der Waals surface area contributed by atoms with Crippen molar-refractivity contribution in [2.24, 2.45) is 0 Å². The number of Topliss-reactive ketones (excluding diaryl/α,β-unsaturated/α-hetero) is 1. The van der Waals surface area contributed by atoms with E-state index in [4.69, 9.17) is 9.47 Å². The molecule has 0 bridgehead atoms. The van der Waals surface area contributed by atoms with Crippen LogP contribution in [0.5, 0.6) is 0 Å². The Labute approximate surface area is 163 Å². The summed E-state index contributed by atoms with van der Waals surface area (Å²) >= 11 is 0. The van der Waals surface area contributed by atoms with Crippen LogP contribution in [0.1, 0.15) is 80.1 Å². The summed E-state index contributed by atoms with van der Waals surface area (Å²) < 4.78 is 10.8. The lowest BCUT2D eigenvalue weighted by atomic mass is 9.91. The van der Waals surface area contributed by atoms with Gasteiger partial charge in [0.05, 0.1) is 18.3 Å². The summed E-state index contributed by atoms with van der Waals surface area (Å²) in [6, 6.07) is 0. The highest BCUT2D eigenvalue weighted by atomic mass is 16.5. The van der Waals surface area contributed by atoms with E-state index in [2.05, 4.69) is 6.08 Å². The predicted octanol–water partition coefficient (Wildman–Crippen LogP) is 4.28. The van der Waals surface area contributed by atoms with Gasteiger partial charge in [0.2, 0.25) is 0 Å². The third-order valence-electron chi connectivity index (χ3n) is 5.09. The molecular weight excluding hydrogens is 344 g/mol. The van der Waals surface area contributed by atoms with Gasteiger partial charge in [-0.2, -0.15) is 0 Å². The standard InChI is InChI=1S/C22H36O5/c1-7-26-20(24)15-17(3)10-8-9-16(2)11-12-18(23)22(6)14-13-19(27-22)21(4,5)25/h9,15,19,25H,7-8,10-14H2,1-6H3/b16-9+,17-15+/t19-,22-/m1/s1. The Morgan fingerprint density at radius 3 is 2.44 bits per heavy atom. The molecule has 1 fully saturated rings. The van der Waals surface area contributed by atoms with Gasteiger partial charge in [-0.3, -0.25) is 4.79 Å². The smallest absolute Gasteiger partial charge is 0.330 e. The van der Waals surface area contributed by atoms with E-state index in [1.165, 1.54) is 6.08 Å². The van der Waals surface area contributed by atoms with Gasteiger partial charge in [0.25, 0.3) is 0 Å². The molecule has 0 amide bonds. The van der Waals surface area contributed by atoms with Crippen LogP contribution in [0.3, 0.4) is 0 Å². The van der Waals surface area contributed by atoms with Crippen molar-refractivity contribution < 1.29 is 24.2 Å². The average molecular weight is 381 g/mol. The van der Waals surface area contributed by atoms with Crippen molar-refractivity contribution >= 4 is 11.8 Å². The highest BCUT2D eigenvalue weighted by molar-refractivity contribution is 5.87. The number of esters is 1. The Hall–Kier alpha value is -1.46.